The zero-order valence-corrected chi connectivity index (χ0v) is 19.8. The Kier molecular flexibility index (Phi) is 7.29. The van der Waals surface area contributed by atoms with Crippen molar-refractivity contribution in [3.05, 3.63) is 70.8 Å². The lowest BCUT2D eigenvalue weighted by atomic mass is 9.68. The van der Waals surface area contributed by atoms with Crippen LogP contribution in [0.25, 0.3) is 5.57 Å². The van der Waals surface area contributed by atoms with Gasteiger partial charge in [-0.2, -0.15) is 0 Å². The Morgan fingerprint density at radius 2 is 1.82 bits per heavy atom. The van der Waals surface area contributed by atoms with Gasteiger partial charge in [0.05, 0.1) is 12.5 Å². The van der Waals surface area contributed by atoms with Crippen molar-refractivity contribution in [2.24, 2.45) is 5.41 Å². The van der Waals surface area contributed by atoms with Crippen LogP contribution >= 0.6 is 0 Å². The molecule has 1 N–H and O–H groups in total. The molecule has 8 heteroatoms. The molecular weight excluding hydrogens is 436 g/mol. The maximum atomic E-state index is 13.2. The number of benzene rings is 1. The Labute approximate surface area is 198 Å². The molecule has 0 saturated carbocycles. The van der Waals surface area contributed by atoms with Crippen molar-refractivity contribution in [3.63, 3.8) is 0 Å². The third-order valence-electron chi connectivity index (χ3n) is 6.04. The molecule has 1 aromatic heterocycles. The Hall–Kier alpha value is -3.81. The van der Waals surface area contributed by atoms with E-state index in [1.165, 1.54) is 18.6 Å². The van der Waals surface area contributed by atoms with Crippen molar-refractivity contribution in [1.82, 2.24) is 9.55 Å². The topological polar surface area (TPSA) is 116 Å². The van der Waals surface area contributed by atoms with Crippen LogP contribution in [0, 0.1) is 5.41 Å². The second kappa shape index (κ2) is 9.99. The number of carboxylic acid groups (broad SMARTS) is 1. The standard InChI is InChI=1S/C26H28N2O6/c1-5-9-20-27-21(16(2)29)22(24(31)32)28(20)15-17-12-13-19(18-10-7-6-8-11-18)26(3,14-17)23(30)25(33)34-4/h6-8,10-13H,5,9,14-15H2,1-4H3,(H,31,32). The average Bonchev–Trinajstić information content (AvgIpc) is 3.17. The van der Waals surface area contributed by atoms with Crippen molar-refractivity contribution in [2.75, 3.05) is 7.11 Å². The summed E-state index contributed by atoms with van der Waals surface area (Å²) in [6.07, 6.45) is 5.01. The molecule has 0 spiro atoms. The molecule has 2 aromatic rings. The number of ketones is 2. The average molecular weight is 465 g/mol. The van der Waals surface area contributed by atoms with Gasteiger partial charge in [0.1, 0.15) is 11.5 Å². The molecule has 1 aliphatic carbocycles. The number of methoxy groups -OCH3 is 1. The van der Waals surface area contributed by atoms with Crippen LogP contribution in [0.4, 0.5) is 0 Å². The van der Waals surface area contributed by atoms with Gasteiger partial charge in [0.2, 0.25) is 0 Å². The molecule has 0 bridgehead atoms. The number of ether oxygens (including phenoxy) is 1. The molecule has 34 heavy (non-hydrogen) atoms. The van der Waals surface area contributed by atoms with E-state index in [2.05, 4.69) is 4.98 Å². The second-order valence-electron chi connectivity index (χ2n) is 8.52. The number of imidazole rings is 1. The van der Waals surface area contributed by atoms with Crippen LogP contribution < -0.4 is 0 Å². The number of esters is 1. The van der Waals surface area contributed by atoms with E-state index in [9.17, 15) is 24.3 Å². The van der Waals surface area contributed by atoms with Crippen LogP contribution in [-0.4, -0.2) is 45.3 Å². The van der Waals surface area contributed by atoms with E-state index in [1.54, 1.807) is 13.0 Å². The van der Waals surface area contributed by atoms with Gasteiger partial charge >= 0.3 is 11.9 Å². The SMILES string of the molecule is CCCc1nc(C(C)=O)c(C(=O)O)n1CC1=CC=C(c2ccccc2)C(C)(C(=O)C(=O)OC)C1. The molecule has 8 nitrogen and oxygen atoms in total. The summed E-state index contributed by atoms with van der Waals surface area (Å²) in [4.78, 5) is 53.9. The first kappa shape index (κ1) is 24.8. The zero-order chi connectivity index (χ0) is 25.0. The summed E-state index contributed by atoms with van der Waals surface area (Å²) in [6, 6.07) is 9.30. The highest BCUT2D eigenvalue weighted by atomic mass is 16.5. The summed E-state index contributed by atoms with van der Waals surface area (Å²) in [5, 5.41) is 9.83. The van der Waals surface area contributed by atoms with Gasteiger partial charge in [-0.1, -0.05) is 49.4 Å². The van der Waals surface area contributed by atoms with E-state index in [0.29, 0.717) is 24.2 Å². The minimum atomic E-state index is -1.25. The number of rotatable bonds is 9. The van der Waals surface area contributed by atoms with E-state index >= 15 is 0 Å². The first-order chi connectivity index (χ1) is 16.1. The first-order valence-electron chi connectivity index (χ1n) is 11.1. The third kappa shape index (κ3) is 4.62. The number of allylic oxidation sites excluding steroid dienone is 4. The van der Waals surface area contributed by atoms with Gasteiger partial charge < -0.3 is 14.4 Å². The third-order valence-corrected chi connectivity index (χ3v) is 6.04. The number of aryl methyl sites for hydroxylation is 1. The highest BCUT2D eigenvalue weighted by Gasteiger charge is 2.44. The van der Waals surface area contributed by atoms with Crippen molar-refractivity contribution in [1.29, 1.82) is 0 Å². The van der Waals surface area contributed by atoms with Crippen LogP contribution in [0.1, 0.15) is 66.0 Å². The summed E-state index contributed by atoms with van der Waals surface area (Å²) >= 11 is 0. The van der Waals surface area contributed by atoms with Gasteiger partial charge in [-0.15, -0.1) is 0 Å². The molecule has 1 atom stereocenters. The number of nitrogens with zero attached hydrogens (tertiary/aromatic N) is 2. The quantitative estimate of drug-likeness (QED) is 0.340. The van der Waals surface area contributed by atoms with E-state index in [0.717, 1.165) is 11.1 Å². The van der Waals surface area contributed by atoms with E-state index in [-0.39, 0.29) is 24.4 Å². The predicted molar refractivity (Wildman–Crippen MR) is 125 cm³/mol. The zero-order valence-electron chi connectivity index (χ0n) is 19.8. The summed E-state index contributed by atoms with van der Waals surface area (Å²) in [6.45, 7) is 5.04. The van der Waals surface area contributed by atoms with Crippen LogP contribution in [0.3, 0.4) is 0 Å². The molecule has 0 saturated heterocycles. The Morgan fingerprint density at radius 3 is 2.38 bits per heavy atom. The lowest BCUT2D eigenvalue weighted by molar-refractivity contribution is -0.154. The second-order valence-corrected chi connectivity index (χ2v) is 8.52. The maximum Gasteiger partial charge on any atom is 0.375 e. The highest BCUT2D eigenvalue weighted by molar-refractivity contribution is 6.38. The van der Waals surface area contributed by atoms with Crippen LogP contribution in [-0.2, 0) is 27.3 Å². The molecular formula is C26H28N2O6. The normalized spacial score (nSPS) is 17.5. The van der Waals surface area contributed by atoms with Gasteiger partial charge in [-0.25, -0.2) is 14.6 Å². The fourth-order valence-corrected chi connectivity index (χ4v) is 4.40. The fourth-order valence-electron chi connectivity index (χ4n) is 4.40. The molecule has 1 aromatic carbocycles. The smallest absolute Gasteiger partial charge is 0.375 e. The van der Waals surface area contributed by atoms with Crippen molar-refractivity contribution < 1.29 is 29.0 Å². The van der Waals surface area contributed by atoms with Crippen molar-refractivity contribution in [3.8, 4) is 0 Å². The Balaban J connectivity index is 2.12. The van der Waals surface area contributed by atoms with Gasteiger partial charge in [0, 0.05) is 19.9 Å². The number of carbonyl (C=O) groups is 4. The van der Waals surface area contributed by atoms with E-state index in [1.807, 2.05) is 43.3 Å². The number of carbonyl (C=O) groups excluding carboxylic acids is 3. The largest absolute Gasteiger partial charge is 0.477 e. The number of Topliss-reactive ketones (excluding diaryl/α,β-unsaturated/α-hetero) is 2. The van der Waals surface area contributed by atoms with Gasteiger partial charge in [0.25, 0.3) is 5.78 Å². The van der Waals surface area contributed by atoms with Gasteiger partial charge in [-0.05, 0) is 36.5 Å². The number of carboxylic acids is 1. The Morgan fingerprint density at radius 1 is 1.15 bits per heavy atom. The molecule has 178 valence electrons. The summed E-state index contributed by atoms with van der Waals surface area (Å²) in [5.41, 5.74) is 0.742. The monoisotopic (exact) mass is 464 g/mol. The number of aromatic nitrogens is 2. The number of hydrogen-bond donors (Lipinski definition) is 1. The lowest BCUT2D eigenvalue weighted by Crippen LogP contribution is -2.37. The molecule has 0 radical (unpaired) electrons. The molecule has 0 amide bonds. The number of aromatic carboxylic acids is 1. The van der Waals surface area contributed by atoms with E-state index < -0.39 is 28.9 Å². The Bertz CT molecular complexity index is 1210. The summed E-state index contributed by atoms with van der Waals surface area (Å²) in [7, 11) is 1.17. The van der Waals surface area contributed by atoms with Gasteiger partial charge in [0.15, 0.2) is 11.5 Å². The molecule has 0 aliphatic heterocycles. The summed E-state index contributed by atoms with van der Waals surface area (Å²) < 4.78 is 6.26. The fraction of sp³-hybridized carbons (Fsp3) is 0.346. The van der Waals surface area contributed by atoms with E-state index in [4.69, 9.17) is 4.74 Å². The van der Waals surface area contributed by atoms with Gasteiger partial charge in [-0.3, -0.25) is 9.59 Å². The molecule has 3 rings (SSSR count). The highest BCUT2D eigenvalue weighted by Crippen LogP contribution is 2.44. The van der Waals surface area contributed by atoms with Crippen molar-refractivity contribution in [2.45, 2.75) is 46.6 Å². The van der Waals surface area contributed by atoms with Crippen LogP contribution in [0.15, 0.2) is 48.1 Å². The predicted octanol–water partition coefficient (Wildman–Crippen LogP) is 3.90. The molecule has 0 fully saturated rings. The lowest BCUT2D eigenvalue weighted by Gasteiger charge is -2.34. The molecule has 1 unspecified atom stereocenters. The molecule has 1 aliphatic rings. The number of hydrogen-bond acceptors (Lipinski definition) is 6. The first-order valence-corrected chi connectivity index (χ1v) is 11.1. The van der Waals surface area contributed by atoms with Crippen molar-refractivity contribution >= 4 is 29.1 Å². The summed E-state index contributed by atoms with van der Waals surface area (Å²) in [5.74, 6) is -2.80. The van der Waals surface area contributed by atoms with Crippen LogP contribution in [0.2, 0.25) is 0 Å². The maximum absolute atomic E-state index is 13.2. The minimum Gasteiger partial charge on any atom is -0.477 e. The van der Waals surface area contributed by atoms with Crippen LogP contribution in [0.5, 0.6) is 0 Å². The minimum absolute atomic E-state index is 0.0822. The molecule has 1 heterocycles.